The van der Waals surface area contributed by atoms with Crippen LogP contribution in [0.2, 0.25) is 0 Å². The molecule has 2 aromatic carbocycles. The van der Waals surface area contributed by atoms with Crippen molar-refractivity contribution in [2.45, 2.75) is 19.5 Å². The number of hydrogen-bond acceptors (Lipinski definition) is 5. The van der Waals surface area contributed by atoms with Gasteiger partial charge in [0.15, 0.2) is 11.5 Å². The van der Waals surface area contributed by atoms with Gasteiger partial charge in [0.05, 0.1) is 28.4 Å². The molecule has 2 rings (SSSR count). The first-order chi connectivity index (χ1) is 11.6. The third kappa shape index (κ3) is 3.92. The highest BCUT2D eigenvalue weighted by molar-refractivity contribution is 5.54. The summed E-state index contributed by atoms with van der Waals surface area (Å²) in [6, 6.07) is 12.0. The molecule has 2 aromatic rings. The fourth-order valence-corrected chi connectivity index (χ4v) is 2.58. The molecule has 24 heavy (non-hydrogen) atoms. The lowest BCUT2D eigenvalue weighted by molar-refractivity contribution is 0.323. The minimum atomic E-state index is 0.101. The standard InChI is InChI=1S/C19H25NO4/c1-13(20-12-14-8-6-7-9-16(14)21-2)15-10-17(22-3)19(24-5)18(11-15)23-4/h6-11,13,20H,12H2,1-5H3. The summed E-state index contributed by atoms with van der Waals surface area (Å²) < 4.78 is 21.6. The lowest BCUT2D eigenvalue weighted by atomic mass is 10.1. The molecule has 0 heterocycles. The molecule has 0 spiro atoms. The molecule has 0 fully saturated rings. The Balaban J connectivity index is 2.19. The number of hydrogen-bond donors (Lipinski definition) is 1. The first-order valence-corrected chi connectivity index (χ1v) is 7.79. The van der Waals surface area contributed by atoms with Crippen LogP contribution in [0.4, 0.5) is 0 Å². The number of ether oxygens (including phenoxy) is 4. The molecule has 1 unspecified atom stereocenters. The minimum Gasteiger partial charge on any atom is -0.496 e. The van der Waals surface area contributed by atoms with E-state index in [-0.39, 0.29) is 6.04 Å². The third-order valence-corrected chi connectivity index (χ3v) is 3.98. The third-order valence-electron chi connectivity index (χ3n) is 3.98. The zero-order valence-corrected chi connectivity index (χ0v) is 14.9. The van der Waals surface area contributed by atoms with E-state index in [4.69, 9.17) is 18.9 Å². The van der Waals surface area contributed by atoms with Crippen LogP contribution < -0.4 is 24.3 Å². The summed E-state index contributed by atoms with van der Waals surface area (Å²) >= 11 is 0. The highest BCUT2D eigenvalue weighted by atomic mass is 16.5. The van der Waals surface area contributed by atoms with Crippen molar-refractivity contribution in [1.29, 1.82) is 0 Å². The molecule has 0 aliphatic rings. The van der Waals surface area contributed by atoms with Gasteiger partial charge in [-0.25, -0.2) is 0 Å². The van der Waals surface area contributed by atoms with Crippen LogP contribution in [0.3, 0.4) is 0 Å². The summed E-state index contributed by atoms with van der Waals surface area (Å²) in [5.74, 6) is 2.78. The summed E-state index contributed by atoms with van der Waals surface area (Å²) in [6.45, 7) is 2.79. The Morgan fingerprint density at radius 1 is 0.833 bits per heavy atom. The van der Waals surface area contributed by atoms with Crippen LogP contribution >= 0.6 is 0 Å². The number of methoxy groups -OCH3 is 4. The van der Waals surface area contributed by atoms with E-state index >= 15 is 0 Å². The number of rotatable bonds is 8. The van der Waals surface area contributed by atoms with Crippen molar-refractivity contribution in [1.82, 2.24) is 5.32 Å². The minimum absolute atomic E-state index is 0.101. The molecular weight excluding hydrogens is 306 g/mol. The largest absolute Gasteiger partial charge is 0.496 e. The summed E-state index contributed by atoms with van der Waals surface area (Å²) in [5, 5.41) is 3.50. The second kappa shape index (κ2) is 8.45. The van der Waals surface area contributed by atoms with E-state index in [1.807, 2.05) is 36.4 Å². The van der Waals surface area contributed by atoms with Crippen LogP contribution in [0.1, 0.15) is 24.1 Å². The Morgan fingerprint density at radius 3 is 1.96 bits per heavy atom. The predicted octanol–water partition coefficient (Wildman–Crippen LogP) is 3.57. The van der Waals surface area contributed by atoms with Gasteiger partial charge in [0.2, 0.25) is 5.75 Å². The van der Waals surface area contributed by atoms with E-state index < -0.39 is 0 Å². The van der Waals surface area contributed by atoms with Crippen molar-refractivity contribution < 1.29 is 18.9 Å². The van der Waals surface area contributed by atoms with Crippen LogP contribution in [0, 0.1) is 0 Å². The van der Waals surface area contributed by atoms with Crippen LogP contribution in [0.25, 0.3) is 0 Å². The van der Waals surface area contributed by atoms with Crippen molar-refractivity contribution in [2.24, 2.45) is 0 Å². The summed E-state index contributed by atoms with van der Waals surface area (Å²) in [5.41, 5.74) is 2.17. The van der Waals surface area contributed by atoms with Gasteiger partial charge < -0.3 is 24.3 Å². The van der Waals surface area contributed by atoms with Crippen LogP contribution in [-0.2, 0) is 6.54 Å². The summed E-state index contributed by atoms with van der Waals surface area (Å²) in [4.78, 5) is 0. The molecule has 0 aliphatic carbocycles. The Bertz CT molecular complexity index is 647. The maximum absolute atomic E-state index is 5.42. The molecule has 0 amide bonds. The van der Waals surface area contributed by atoms with Crippen molar-refractivity contribution >= 4 is 0 Å². The molecule has 0 saturated carbocycles. The van der Waals surface area contributed by atoms with Crippen molar-refractivity contribution in [3.8, 4) is 23.0 Å². The van der Waals surface area contributed by atoms with Gasteiger partial charge in [-0.05, 0) is 30.7 Å². The smallest absolute Gasteiger partial charge is 0.203 e. The number of nitrogens with one attached hydrogen (secondary N) is 1. The van der Waals surface area contributed by atoms with E-state index in [0.717, 1.165) is 16.9 Å². The molecule has 0 radical (unpaired) electrons. The average Bonchev–Trinajstić information content (AvgIpc) is 2.64. The van der Waals surface area contributed by atoms with Gasteiger partial charge in [-0.15, -0.1) is 0 Å². The molecule has 1 atom stereocenters. The zero-order chi connectivity index (χ0) is 17.5. The van der Waals surface area contributed by atoms with Gasteiger partial charge in [-0.2, -0.15) is 0 Å². The van der Waals surface area contributed by atoms with Crippen LogP contribution in [0.15, 0.2) is 36.4 Å². The van der Waals surface area contributed by atoms with E-state index in [1.54, 1.807) is 28.4 Å². The maximum Gasteiger partial charge on any atom is 0.203 e. The quantitative estimate of drug-likeness (QED) is 0.801. The van der Waals surface area contributed by atoms with Gasteiger partial charge in [-0.3, -0.25) is 0 Å². The molecule has 0 saturated heterocycles. The molecule has 5 nitrogen and oxygen atoms in total. The van der Waals surface area contributed by atoms with Crippen molar-refractivity contribution in [3.05, 3.63) is 47.5 Å². The SMILES string of the molecule is COc1ccccc1CNC(C)c1cc(OC)c(OC)c(OC)c1. The lowest BCUT2D eigenvalue weighted by Crippen LogP contribution is -2.18. The molecule has 0 bridgehead atoms. The first-order valence-electron chi connectivity index (χ1n) is 7.79. The molecule has 1 N–H and O–H groups in total. The first kappa shape index (κ1) is 17.9. The second-order valence-corrected chi connectivity index (χ2v) is 5.37. The zero-order valence-electron chi connectivity index (χ0n) is 14.9. The predicted molar refractivity (Wildman–Crippen MR) is 94.3 cm³/mol. The number of benzene rings is 2. The van der Waals surface area contributed by atoms with Crippen LogP contribution in [-0.4, -0.2) is 28.4 Å². The Kier molecular flexibility index (Phi) is 6.32. The van der Waals surface area contributed by atoms with Gasteiger partial charge in [-0.1, -0.05) is 18.2 Å². The molecule has 0 aliphatic heterocycles. The summed E-state index contributed by atoms with van der Waals surface area (Å²) in [6.07, 6.45) is 0. The van der Waals surface area contributed by atoms with E-state index in [0.29, 0.717) is 23.8 Å². The van der Waals surface area contributed by atoms with Crippen molar-refractivity contribution in [2.75, 3.05) is 28.4 Å². The fourth-order valence-electron chi connectivity index (χ4n) is 2.58. The lowest BCUT2D eigenvalue weighted by Gasteiger charge is -2.19. The molecule has 0 aromatic heterocycles. The van der Waals surface area contributed by atoms with Gasteiger partial charge in [0.25, 0.3) is 0 Å². The Labute approximate surface area is 143 Å². The Morgan fingerprint density at radius 2 is 1.42 bits per heavy atom. The van der Waals surface area contributed by atoms with Crippen LogP contribution in [0.5, 0.6) is 23.0 Å². The highest BCUT2D eigenvalue weighted by Gasteiger charge is 2.16. The highest BCUT2D eigenvalue weighted by Crippen LogP contribution is 2.39. The summed E-state index contributed by atoms with van der Waals surface area (Å²) in [7, 11) is 6.52. The fraction of sp³-hybridized carbons (Fsp3) is 0.368. The monoisotopic (exact) mass is 331 g/mol. The second-order valence-electron chi connectivity index (χ2n) is 5.37. The normalized spacial score (nSPS) is 11.7. The van der Waals surface area contributed by atoms with E-state index in [2.05, 4.69) is 12.2 Å². The maximum atomic E-state index is 5.42. The molecular formula is C19H25NO4. The van der Waals surface area contributed by atoms with Crippen molar-refractivity contribution in [3.63, 3.8) is 0 Å². The van der Waals surface area contributed by atoms with E-state index in [9.17, 15) is 0 Å². The number of para-hydroxylation sites is 1. The topological polar surface area (TPSA) is 49.0 Å². The van der Waals surface area contributed by atoms with Gasteiger partial charge in [0.1, 0.15) is 5.75 Å². The van der Waals surface area contributed by atoms with Gasteiger partial charge >= 0.3 is 0 Å². The molecule has 130 valence electrons. The average molecular weight is 331 g/mol. The van der Waals surface area contributed by atoms with Gasteiger partial charge in [0, 0.05) is 18.2 Å². The van der Waals surface area contributed by atoms with E-state index in [1.165, 1.54) is 0 Å². The Hall–Kier alpha value is -2.40. The molecule has 5 heteroatoms.